The van der Waals surface area contributed by atoms with Gasteiger partial charge in [-0.2, -0.15) is 4.98 Å². The van der Waals surface area contributed by atoms with Crippen LogP contribution in [-0.2, 0) is 16.4 Å². The van der Waals surface area contributed by atoms with Crippen LogP contribution < -0.4 is 4.72 Å². The molecule has 2 aromatic carbocycles. The number of nitrogens with zero attached hydrogens (tertiary/aromatic N) is 3. The van der Waals surface area contributed by atoms with Crippen molar-refractivity contribution < 1.29 is 8.42 Å². The number of hydrogen-bond donors (Lipinski definition) is 1. The Morgan fingerprint density at radius 3 is 2.23 bits per heavy atom. The number of nitrogens with one attached hydrogen (secondary N) is 1. The van der Waals surface area contributed by atoms with E-state index in [2.05, 4.69) is 21.7 Å². The molecule has 162 valence electrons. The summed E-state index contributed by atoms with van der Waals surface area (Å²) in [7, 11) is -3.57. The van der Waals surface area contributed by atoms with Gasteiger partial charge in [-0.15, -0.1) is 5.10 Å². The van der Waals surface area contributed by atoms with E-state index in [0.717, 1.165) is 37.8 Å². The third kappa shape index (κ3) is 4.28. The van der Waals surface area contributed by atoms with Crippen molar-refractivity contribution in [3.63, 3.8) is 0 Å². The summed E-state index contributed by atoms with van der Waals surface area (Å²) in [5.41, 5.74) is 5.77. The van der Waals surface area contributed by atoms with Crippen LogP contribution in [0.4, 0.5) is 0 Å². The first-order valence-corrected chi connectivity index (χ1v) is 12.5. The highest BCUT2D eigenvalue weighted by atomic mass is 32.2. The van der Waals surface area contributed by atoms with Gasteiger partial charge in [0.05, 0.1) is 10.6 Å². The number of thiazole rings is 1. The molecule has 6 nitrogen and oxygen atoms in total. The van der Waals surface area contributed by atoms with Gasteiger partial charge in [0.25, 0.3) is 0 Å². The Bertz CT molecular complexity index is 1340. The van der Waals surface area contributed by atoms with Gasteiger partial charge in [0.1, 0.15) is 0 Å². The molecule has 0 unspecified atom stereocenters. The second kappa shape index (κ2) is 8.18. The number of aryl methyl sites for hydroxylation is 5. The van der Waals surface area contributed by atoms with Crippen LogP contribution in [0.5, 0.6) is 0 Å². The minimum Gasteiger partial charge on any atom is -0.211 e. The zero-order valence-corrected chi connectivity index (χ0v) is 20.0. The van der Waals surface area contributed by atoms with Gasteiger partial charge in [-0.3, -0.25) is 0 Å². The van der Waals surface area contributed by atoms with Gasteiger partial charge in [-0.1, -0.05) is 58.9 Å². The molecule has 0 aliphatic carbocycles. The number of aromatic nitrogens is 3. The first-order chi connectivity index (χ1) is 14.7. The lowest BCUT2D eigenvalue weighted by atomic mass is 10.1. The number of rotatable bonds is 6. The largest absolute Gasteiger partial charge is 0.241 e. The minimum atomic E-state index is -3.57. The van der Waals surface area contributed by atoms with E-state index in [4.69, 9.17) is 0 Å². The summed E-state index contributed by atoms with van der Waals surface area (Å²) in [6, 6.07) is 11.9. The Labute approximate surface area is 187 Å². The number of sulfonamides is 1. The predicted molar refractivity (Wildman–Crippen MR) is 125 cm³/mol. The molecule has 0 spiro atoms. The normalized spacial score (nSPS) is 12.0. The third-order valence-electron chi connectivity index (χ3n) is 5.34. The highest BCUT2D eigenvalue weighted by Gasteiger charge is 2.20. The van der Waals surface area contributed by atoms with Crippen molar-refractivity contribution in [3.8, 4) is 11.4 Å². The van der Waals surface area contributed by atoms with E-state index in [9.17, 15) is 8.42 Å². The van der Waals surface area contributed by atoms with Crippen molar-refractivity contribution in [1.82, 2.24) is 19.3 Å². The van der Waals surface area contributed by atoms with Crippen molar-refractivity contribution in [2.24, 2.45) is 0 Å². The Balaban J connectivity index is 1.50. The van der Waals surface area contributed by atoms with Crippen LogP contribution in [-0.4, -0.2) is 29.6 Å². The second-order valence-corrected chi connectivity index (χ2v) is 10.7. The summed E-state index contributed by atoms with van der Waals surface area (Å²) in [5.74, 6) is 0.701. The Kier molecular flexibility index (Phi) is 5.72. The van der Waals surface area contributed by atoms with Crippen molar-refractivity contribution in [1.29, 1.82) is 0 Å². The van der Waals surface area contributed by atoms with Crippen LogP contribution in [0.3, 0.4) is 0 Å². The van der Waals surface area contributed by atoms with Crippen LogP contribution in [0.1, 0.15) is 32.8 Å². The maximum Gasteiger partial charge on any atom is 0.241 e. The van der Waals surface area contributed by atoms with E-state index in [1.54, 1.807) is 11.3 Å². The third-order valence-corrected chi connectivity index (χ3v) is 8.30. The van der Waals surface area contributed by atoms with Crippen LogP contribution >= 0.6 is 11.3 Å². The average molecular weight is 455 g/mol. The number of fused-ring (bicyclic) bond motifs is 1. The lowest BCUT2D eigenvalue weighted by Crippen LogP contribution is -2.27. The zero-order valence-electron chi connectivity index (χ0n) is 18.4. The van der Waals surface area contributed by atoms with Gasteiger partial charge in [-0.05, 0) is 52.2 Å². The monoisotopic (exact) mass is 454 g/mol. The van der Waals surface area contributed by atoms with E-state index >= 15 is 0 Å². The van der Waals surface area contributed by atoms with E-state index in [0.29, 0.717) is 23.7 Å². The van der Waals surface area contributed by atoms with Crippen LogP contribution in [0.15, 0.2) is 41.3 Å². The molecule has 8 heteroatoms. The van der Waals surface area contributed by atoms with Gasteiger partial charge in [0.2, 0.25) is 15.0 Å². The first-order valence-electron chi connectivity index (χ1n) is 10.2. The summed E-state index contributed by atoms with van der Waals surface area (Å²) in [5, 5.41) is 4.65. The maximum atomic E-state index is 12.9. The second-order valence-electron chi connectivity index (χ2n) is 7.98. The van der Waals surface area contributed by atoms with E-state index in [1.165, 1.54) is 5.56 Å². The van der Waals surface area contributed by atoms with Gasteiger partial charge in [0, 0.05) is 17.0 Å². The Morgan fingerprint density at radius 1 is 0.968 bits per heavy atom. The molecule has 0 saturated heterocycles. The Morgan fingerprint density at radius 2 is 1.61 bits per heavy atom. The fraction of sp³-hybridized carbons (Fsp3) is 0.304. The average Bonchev–Trinajstić information content (AvgIpc) is 3.21. The van der Waals surface area contributed by atoms with Crippen molar-refractivity contribution >= 4 is 26.3 Å². The predicted octanol–water partition coefficient (Wildman–Crippen LogP) is 4.52. The van der Waals surface area contributed by atoms with E-state index < -0.39 is 10.0 Å². The smallest absolute Gasteiger partial charge is 0.211 e. The lowest BCUT2D eigenvalue weighted by Gasteiger charge is -2.13. The molecule has 2 aromatic heterocycles. The topological polar surface area (TPSA) is 76.4 Å². The maximum absolute atomic E-state index is 12.9. The fourth-order valence-electron chi connectivity index (χ4n) is 3.90. The van der Waals surface area contributed by atoms with Gasteiger partial charge in [-0.25, -0.2) is 17.7 Å². The molecule has 0 fully saturated rings. The van der Waals surface area contributed by atoms with E-state index in [1.807, 2.05) is 68.6 Å². The lowest BCUT2D eigenvalue weighted by molar-refractivity contribution is 0.580. The summed E-state index contributed by atoms with van der Waals surface area (Å²) >= 11 is 1.55. The SMILES string of the molecule is Cc1ccc(-c2nc3sc(CCNS(=O)(=O)c4c(C)cc(C)cc4C)c(C)n3n2)cc1. The van der Waals surface area contributed by atoms with E-state index in [-0.39, 0.29) is 0 Å². The molecular formula is C23H26N4O2S2. The molecule has 0 aliphatic rings. The number of benzene rings is 2. The number of hydrogen-bond acceptors (Lipinski definition) is 5. The molecule has 0 aliphatic heterocycles. The highest BCUT2D eigenvalue weighted by molar-refractivity contribution is 7.89. The molecular weight excluding hydrogens is 428 g/mol. The summed E-state index contributed by atoms with van der Waals surface area (Å²) in [6.45, 7) is 10.0. The molecule has 2 heterocycles. The first kappa shape index (κ1) is 21.7. The Hall–Kier alpha value is -2.55. The molecule has 0 saturated carbocycles. The van der Waals surface area contributed by atoms with Crippen molar-refractivity contribution in [2.75, 3.05) is 6.54 Å². The molecule has 31 heavy (non-hydrogen) atoms. The molecule has 0 radical (unpaired) electrons. The van der Waals surface area contributed by atoms with Crippen LogP contribution in [0.25, 0.3) is 16.3 Å². The zero-order chi connectivity index (χ0) is 22.3. The minimum absolute atomic E-state index is 0.324. The highest BCUT2D eigenvalue weighted by Crippen LogP contribution is 2.26. The molecule has 0 atom stereocenters. The summed E-state index contributed by atoms with van der Waals surface area (Å²) in [6.07, 6.45) is 0.588. The van der Waals surface area contributed by atoms with Crippen LogP contribution in [0, 0.1) is 34.6 Å². The van der Waals surface area contributed by atoms with Crippen LogP contribution in [0.2, 0.25) is 0 Å². The van der Waals surface area contributed by atoms with Gasteiger partial charge in [0.15, 0.2) is 5.82 Å². The van der Waals surface area contributed by atoms with Crippen molar-refractivity contribution in [3.05, 3.63) is 69.2 Å². The molecule has 0 amide bonds. The molecule has 1 N–H and O–H groups in total. The van der Waals surface area contributed by atoms with Gasteiger partial charge < -0.3 is 0 Å². The standard InChI is InChI=1S/C23H26N4O2S2/c1-14-6-8-19(9-7-14)22-25-23-27(26-22)18(5)20(30-23)10-11-24-31(28,29)21-16(3)12-15(2)13-17(21)4/h6-9,12-13,24H,10-11H2,1-5H3. The quantitative estimate of drug-likeness (QED) is 0.465. The van der Waals surface area contributed by atoms with Crippen molar-refractivity contribution in [2.45, 2.75) is 45.9 Å². The fourth-order valence-corrected chi connectivity index (χ4v) is 6.44. The summed E-state index contributed by atoms with van der Waals surface area (Å²) < 4.78 is 30.3. The summed E-state index contributed by atoms with van der Waals surface area (Å²) in [4.78, 5) is 6.93. The van der Waals surface area contributed by atoms with Gasteiger partial charge >= 0.3 is 0 Å². The molecule has 4 aromatic rings. The molecule has 0 bridgehead atoms. The molecule has 4 rings (SSSR count).